The summed E-state index contributed by atoms with van der Waals surface area (Å²) in [5.41, 5.74) is 6.23. The van der Waals surface area contributed by atoms with Crippen LogP contribution in [0.1, 0.15) is 12.0 Å². The number of benzene rings is 1. The Morgan fingerprint density at radius 1 is 1.39 bits per heavy atom. The zero-order valence-corrected chi connectivity index (χ0v) is 10.4. The summed E-state index contributed by atoms with van der Waals surface area (Å²) in [5.74, 6) is -0.0609. The Morgan fingerprint density at radius 3 is 2.72 bits per heavy atom. The highest BCUT2D eigenvalue weighted by atomic mass is 35.5. The summed E-state index contributed by atoms with van der Waals surface area (Å²) < 4.78 is 11.1. The van der Waals surface area contributed by atoms with Crippen LogP contribution in [0.15, 0.2) is 12.1 Å². The van der Waals surface area contributed by atoms with Crippen LogP contribution in [0.3, 0.4) is 0 Å². The molecule has 0 spiro atoms. The van der Waals surface area contributed by atoms with E-state index in [1.54, 1.807) is 12.1 Å². The van der Waals surface area contributed by atoms with E-state index in [0.717, 1.165) is 6.42 Å². The van der Waals surface area contributed by atoms with Gasteiger partial charge < -0.3 is 20.3 Å². The molecule has 1 heterocycles. The molecule has 1 aliphatic rings. The topological polar surface area (TPSA) is 81.8 Å². The van der Waals surface area contributed by atoms with Crippen LogP contribution in [0.2, 0.25) is 5.02 Å². The molecule has 0 fully saturated rings. The highest BCUT2D eigenvalue weighted by Gasteiger charge is 2.21. The summed E-state index contributed by atoms with van der Waals surface area (Å²) in [6.07, 6.45) is 0.938. The minimum atomic E-state index is -1.05. The maximum Gasteiger partial charge on any atom is 0.320 e. The van der Waals surface area contributed by atoms with Crippen LogP contribution in [-0.2, 0) is 11.2 Å². The van der Waals surface area contributed by atoms with Gasteiger partial charge in [0.2, 0.25) is 0 Å². The Balaban J connectivity index is 2.33. The molecule has 0 aliphatic carbocycles. The third-order valence-electron chi connectivity index (χ3n) is 2.68. The Hall–Kier alpha value is -1.46. The lowest BCUT2D eigenvalue weighted by atomic mass is 10.0. The molecule has 0 radical (unpaired) electrons. The molecular weight excluding hydrogens is 258 g/mol. The van der Waals surface area contributed by atoms with Crippen LogP contribution in [0.5, 0.6) is 11.5 Å². The molecule has 18 heavy (non-hydrogen) atoms. The number of ether oxygens (including phenoxy) is 2. The van der Waals surface area contributed by atoms with Gasteiger partial charge in [-0.15, -0.1) is 0 Å². The van der Waals surface area contributed by atoms with Crippen molar-refractivity contribution in [2.75, 3.05) is 13.2 Å². The Bertz CT molecular complexity index is 464. The molecule has 6 heteroatoms. The molecule has 3 N–H and O–H groups in total. The molecule has 1 aromatic rings. The van der Waals surface area contributed by atoms with Gasteiger partial charge in [-0.2, -0.15) is 0 Å². The molecule has 98 valence electrons. The number of carbonyl (C=O) groups is 1. The molecule has 1 unspecified atom stereocenters. The van der Waals surface area contributed by atoms with Crippen molar-refractivity contribution in [2.45, 2.75) is 18.9 Å². The lowest BCUT2D eigenvalue weighted by Crippen LogP contribution is -2.32. The van der Waals surface area contributed by atoms with Crippen LogP contribution in [0, 0.1) is 0 Å². The Labute approximate surface area is 109 Å². The number of hydrogen-bond donors (Lipinski definition) is 2. The number of carboxylic acids is 1. The summed E-state index contributed by atoms with van der Waals surface area (Å²) in [4.78, 5) is 10.8. The largest absolute Gasteiger partial charge is 0.489 e. The van der Waals surface area contributed by atoms with Gasteiger partial charge in [0.15, 0.2) is 11.5 Å². The fourth-order valence-electron chi connectivity index (χ4n) is 1.76. The Morgan fingerprint density at radius 2 is 2.06 bits per heavy atom. The average molecular weight is 272 g/mol. The summed E-state index contributed by atoms with van der Waals surface area (Å²) >= 11 is 6.03. The van der Waals surface area contributed by atoms with Crippen LogP contribution >= 0.6 is 11.6 Å². The summed E-state index contributed by atoms with van der Waals surface area (Å²) in [5, 5.41) is 9.29. The highest BCUT2D eigenvalue weighted by Crippen LogP contribution is 2.40. The SMILES string of the molecule is NC(Cc1ccc(Cl)c2c1OCCCO2)C(=O)O. The van der Waals surface area contributed by atoms with Crippen LogP contribution in [0.4, 0.5) is 0 Å². The Kier molecular flexibility index (Phi) is 3.93. The van der Waals surface area contributed by atoms with Crippen molar-refractivity contribution in [3.8, 4) is 11.5 Å². The first-order valence-corrected chi connectivity index (χ1v) is 6.02. The van der Waals surface area contributed by atoms with Gasteiger partial charge in [0.05, 0.1) is 18.2 Å². The molecule has 0 bridgehead atoms. The standard InChI is InChI=1S/C12H14ClNO4/c13-8-3-2-7(6-9(14)12(15)16)10-11(8)18-5-1-4-17-10/h2-3,9H,1,4-6,14H2,(H,15,16). The third kappa shape index (κ3) is 2.68. The van der Waals surface area contributed by atoms with Crippen molar-refractivity contribution in [1.29, 1.82) is 0 Å². The van der Waals surface area contributed by atoms with Gasteiger partial charge in [-0.25, -0.2) is 0 Å². The highest BCUT2D eigenvalue weighted by molar-refractivity contribution is 6.32. The smallest absolute Gasteiger partial charge is 0.320 e. The van der Waals surface area contributed by atoms with Crippen molar-refractivity contribution in [2.24, 2.45) is 5.73 Å². The zero-order chi connectivity index (χ0) is 13.1. The minimum Gasteiger partial charge on any atom is -0.489 e. The van der Waals surface area contributed by atoms with E-state index in [2.05, 4.69) is 0 Å². The molecule has 0 aromatic heterocycles. The van der Waals surface area contributed by atoms with E-state index in [1.807, 2.05) is 0 Å². The quantitative estimate of drug-likeness (QED) is 0.870. The maximum atomic E-state index is 10.8. The van der Waals surface area contributed by atoms with Crippen molar-refractivity contribution in [3.63, 3.8) is 0 Å². The van der Waals surface area contributed by atoms with E-state index >= 15 is 0 Å². The molecule has 1 aromatic carbocycles. The van der Waals surface area contributed by atoms with Gasteiger partial charge in [0, 0.05) is 18.4 Å². The maximum absolute atomic E-state index is 10.8. The van der Waals surface area contributed by atoms with Crippen molar-refractivity contribution < 1.29 is 19.4 Å². The first kappa shape index (κ1) is 13.0. The van der Waals surface area contributed by atoms with Crippen LogP contribution in [-0.4, -0.2) is 30.3 Å². The number of aliphatic carboxylic acids is 1. The second kappa shape index (κ2) is 5.46. The molecule has 5 nitrogen and oxygen atoms in total. The van der Waals surface area contributed by atoms with E-state index < -0.39 is 12.0 Å². The zero-order valence-electron chi connectivity index (χ0n) is 9.69. The van der Waals surface area contributed by atoms with Crippen molar-refractivity contribution in [1.82, 2.24) is 0 Å². The van der Waals surface area contributed by atoms with E-state index in [1.165, 1.54) is 0 Å². The number of nitrogens with two attached hydrogens (primary N) is 1. The van der Waals surface area contributed by atoms with Gasteiger partial charge in [-0.05, 0) is 6.07 Å². The molecule has 0 amide bonds. The number of fused-ring (bicyclic) bond motifs is 1. The summed E-state index contributed by atoms with van der Waals surface area (Å²) in [6, 6.07) is 2.42. The second-order valence-corrected chi connectivity index (χ2v) is 4.47. The van der Waals surface area contributed by atoms with Gasteiger partial charge in [-0.3, -0.25) is 4.79 Å². The molecule has 1 atom stereocenters. The minimum absolute atomic E-state index is 0.179. The second-order valence-electron chi connectivity index (χ2n) is 4.06. The molecule has 0 saturated heterocycles. The van der Waals surface area contributed by atoms with Gasteiger partial charge >= 0.3 is 5.97 Å². The van der Waals surface area contributed by atoms with Crippen molar-refractivity contribution >= 4 is 17.6 Å². The number of carboxylic acid groups (broad SMARTS) is 1. The predicted molar refractivity (Wildman–Crippen MR) is 66.4 cm³/mol. The number of hydrogen-bond acceptors (Lipinski definition) is 4. The lowest BCUT2D eigenvalue weighted by Gasteiger charge is -2.15. The third-order valence-corrected chi connectivity index (χ3v) is 2.98. The van der Waals surface area contributed by atoms with E-state index in [-0.39, 0.29) is 6.42 Å². The van der Waals surface area contributed by atoms with Gasteiger partial charge in [0.25, 0.3) is 0 Å². The normalized spacial score (nSPS) is 15.9. The first-order chi connectivity index (χ1) is 8.59. The summed E-state index contributed by atoms with van der Waals surface area (Å²) in [7, 11) is 0. The van der Waals surface area contributed by atoms with E-state index in [0.29, 0.717) is 35.3 Å². The molecular formula is C12H14ClNO4. The monoisotopic (exact) mass is 271 g/mol. The molecule has 1 aliphatic heterocycles. The van der Waals surface area contributed by atoms with Crippen molar-refractivity contribution in [3.05, 3.63) is 22.7 Å². The van der Waals surface area contributed by atoms with E-state index in [9.17, 15) is 4.79 Å². The average Bonchev–Trinajstić information content (AvgIpc) is 2.58. The molecule has 0 saturated carbocycles. The summed E-state index contributed by atoms with van der Waals surface area (Å²) in [6.45, 7) is 1.05. The predicted octanol–water partition coefficient (Wildman–Crippen LogP) is 1.46. The lowest BCUT2D eigenvalue weighted by molar-refractivity contribution is -0.138. The van der Waals surface area contributed by atoms with Gasteiger partial charge in [0.1, 0.15) is 6.04 Å². The number of halogens is 1. The van der Waals surface area contributed by atoms with Gasteiger partial charge in [-0.1, -0.05) is 17.7 Å². The first-order valence-electron chi connectivity index (χ1n) is 5.65. The van der Waals surface area contributed by atoms with Crippen LogP contribution < -0.4 is 15.2 Å². The number of rotatable bonds is 3. The fraction of sp³-hybridized carbons (Fsp3) is 0.417. The molecule has 2 rings (SSSR count). The van der Waals surface area contributed by atoms with E-state index in [4.69, 9.17) is 31.9 Å². The van der Waals surface area contributed by atoms with Crippen LogP contribution in [0.25, 0.3) is 0 Å². The fourth-order valence-corrected chi connectivity index (χ4v) is 1.97.